The predicted molar refractivity (Wildman–Crippen MR) is 122 cm³/mol. The van der Waals surface area contributed by atoms with Crippen molar-refractivity contribution in [1.82, 2.24) is 0 Å². The molecule has 3 aliphatic carbocycles. The van der Waals surface area contributed by atoms with Crippen LogP contribution in [0.1, 0.15) is 107 Å². The van der Waals surface area contributed by atoms with E-state index in [1.807, 2.05) is 0 Å². The molecule has 0 unspecified atom stereocenters. The van der Waals surface area contributed by atoms with E-state index in [4.69, 9.17) is 0 Å². The van der Waals surface area contributed by atoms with Crippen LogP contribution in [0.3, 0.4) is 0 Å². The highest BCUT2D eigenvalue weighted by molar-refractivity contribution is 5.26. The Bertz CT molecular complexity index is 581. The fourth-order valence-electron chi connectivity index (χ4n) is 7.15. The Hall–Kier alpha value is -0.850. The number of rotatable bonds is 6. The normalized spacial score (nSPS) is 36.1. The number of hydrogen-bond acceptors (Lipinski definition) is 0. The molecule has 0 aliphatic heterocycles. The summed E-state index contributed by atoms with van der Waals surface area (Å²) in [7, 11) is 0. The summed E-state index contributed by atoms with van der Waals surface area (Å²) >= 11 is 0. The number of hydrogen-bond donors (Lipinski definition) is 0. The number of halogens is 1. The second-order valence-electron chi connectivity index (χ2n) is 10.7. The van der Waals surface area contributed by atoms with E-state index < -0.39 is 0 Å². The zero-order chi connectivity index (χ0) is 20.1. The summed E-state index contributed by atoms with van der Waals surface area (Å²) in [6.07, 6.45) is 19.8. The van der Waals surface area contributed by atoms with Crippen molar-refractivity contribution in [3.8, 4) is 0 Å². The van der Waals surface area contributed by atoms with Crippen LogP contribution < -0.4 is 0 Å². The summed E-state index contributed by atoms with van der Waals surface area (Å²) in [4.78, 5) is 0. The Morgan fingerprint density at radius 3 is 1.55 bits per heavy atom. The molecule has 0 heterocycles. The van der Waals surface area contributed by atoms with Gasteiger partial charge in [0, 0.05) is 6.42 Å². The average molecular weight is 399 g/mol. The predicted octanol–water partition coefficient (Wildman–Crippen LogP) is 8.50. The van der Waals surface area contributed by atoms with Crippen molar-refractivity contribution in [3.63, 3.8) is 0 Å². The van der Waals surface area contributed by atoms with E-state index in [9.17, 15) is 4.39 Å². The number of benzene rings is 1. The van der Waals surface area contributed by atoms with Crippen molar-refractivity contribution in [3.05, 3.63) is 35.4 Å². The fraction of sp³-hybridized carbons (Fsp3) is 0.786. The Labute approximate surface area is 179 Å². The van der Waals surface area contributed by atoms with E-state index >= 15 is 0 Å². The highest BCUT2D eigenvalue weighted by Crippen LogP contribution is 2.47. The lowest BCUT2D eigenvalue weighted by Crippen LogP contribution is -2.29. The van der Waals surface area contributed by atoms with Crippen molar-refractivity contribution >= 4 is 0 Å². The monoisotopic (exact) mass is 398 g/mol. The third-order valence-corrected chi connectivity index (χ3v) is 9.22. The quantitative estimate of drug-likeness (QED) is 0.450. The van der Waals surface area contributed by atoms with Gasteiger partial charge in [-0.2, -0.15) is 0 Å². The molecule has 0 nitrogen and oxygen atoms in total. The first kappa shape index (κ1) is 21.4. The first-order valence-corrected chi connectivity index (χ1v) is 12.9. The molecule has 29 heavy (non-hydrogen) atoms. The van der Waals surface area contributed by atoms with Gasteiger partial charge in [0.15, 0.2) is 0 Å². The van der Waals surface area contributed by atoms with Crippen LogP contribution in [-0.4, -0.2) is 6.67 Å². The second kappa shape index (κ2) is 10.5. The van der Waals surface area contributed by atoms with Gasteiger partial charge in [0.05, 0.1) is 6.67 Å². The molecule has 0 N–H and O–H groups in total. The highest BCUT2D eigenvalue weighted by Gasteiger charge is 2.34. The van der Waals surface area contributed by atoms with E-state index in [1.165, 1.54) is 89.0 Å². The Morgan fingerprint density at radius 2 is 1.10 bits per heavy atom. The van der Waals surface area contributed by atoms with Crippen LogP contribution in [-0.2, 0) is 6.42 Å². The van der Waals surface area contributed by atoms with E-state index in [0.717, 1.165) is 41.1 Å². The largest absolute Gasteiger partial charge is 0.251 e. The van der Waals surface area contributed by atoms with Gasteiger partial charge in [0.2, 0.25) is 0 Å². The first-order valence-electron chi connectivity index (χ1n) is 12.9. The third-order valence-electron chi connectivity index (χ3n) is 9.22. The molecule has 0 saturated heterocycles. The van der Waals surface area contributed by atoms with E-state index in [-0.39, 0.29) is 6.67 Å². The Balaban J connectivity index is 1.20. The minimum Gasteiger partial charge on any atom is -0.251 e. The zero-order valence-corrected chi connectivity index (χ0v) is 18.8. The van der Waals surface area contributed by atoms with Crippen molar-refractivity contribution in [2.24, 2.45) is 29.6 Å². The van der Waals surface area contributed by atoms with E-state index in [0.29, 0.717) is 6.42 Å². The molecule has 1 heteroatoms. The second-order valence-corrected chi connectivity index (χ2v) is 10.7. The molecule has 1 aromatic rings. The maximum Gasteiger partial charge on any atom is 0.0934 e. The lowest BCUT2D eigenvalue weighted by atomic mass is 9.64. The molecule has 162 valence electrons. The van der Waals surface area contributed by atoms with E-state index in [1.54, 1.807) is 0 Å². The lowest BCUT2D eigenvalue weighted by Gasteiger charge is -2.41. The Kier molecular flexibility index (Phi) is 7.71. The molecule has 0 radical (unpaired) electrons. The van der Waals surface area contributed by atoms with Gasteiger partial charge in [-0.1, -0.05) is 50.5 Å². The van der Waals surface area contributed by atoms with Gasteiger partial charge in [-0.25, -0.2) is 0 Å². The van der Waals surface area contributed by atoms with Crippen LogP contribution in [0.5, 0.6) is 0 Å². The van der Waals surface area contributed by atoms with Gasteiger partial charge < -0.3 is 0 Å². The van der Waals surface area contributed by atoms with Gasteiger partial charge >= 0.3 is 0 Å². The average Bonchev–Trinajstić information content (AvgIpc) is 2.80. The van der Waals surface area contributed by atoms with Crippen LogP contribution in [0.2, 0.25) is 0 Å². The maximum absolute atomic E-state index is 12.5. The van der Waals surface area contributed by atoms with Gasteiger partial charge in [-0.15, -0.1) is 0 Å². The SMILES string of the molecule is CC[C@H]1CC[C@H]([C@H]2CC[C@H](C3CCC(c4ccc(CCF)cc4)CC3)CC2)CC1. The molecule has 0 aromatic heterocycles. The summed E-state index contributed by atoms with van der Waals surface area (Å²) in [5, 5.41) is 0. The molecular formula is C28H43F. The van der Waals surface area contributed by atoms with Gasteiger partial charge in [-0.05, 0) is 111 Å². The van der Waals surface area contributed by atoms with Crippen LogP contribution in [0.15, 0.2) is 24.3 Å². The fourth-order valence-corrected chi connectivity index (χ4v) is 7.15. The van der Waals surface area contributed by atoms with Crippen molar-refractivity contribution in [1.29, 1.82) is 0 Å². The van der Waals surface area contributed by atoms with Gasteiger partial charge in [0.1, 0.15) is 0 Å². The van der Waals surface area contributed by atoms with Crippen molar-refractivity contribution in [2.75, 3.05) is 6.67 Å². The molecule has 3 saturated carbocycles. The smallest absolute Gasteiger partial charge is 0.0934 e. The lowest BCUT2D eigenvalue weighted by molar-refractivity contribution is 0.109. The molecule has 3 fully saturated rings. The van der Waals surface area contributed by atoms with Gasteiger partial charge in [0.25, 0.3) is 0 Å². The van der Waals surface area contributed by atoms with Crippen molar-refractivity contribution in [2.45, 2.75) is 103 Å². The van der Waals surface area contributed by atoms with Crippen LogP contribution in [0.25, 0.3) is 0 Å². The van der Waals surface area contributed by atoms with Crippen LogP contribution in [0.4, 0.5) is 4.39 Å². The molecule has 0 bridgehead atoms. The first-order chi connectivity index (χ1) is 14.3. The Morgan fingerprint density at radius 1 is 0.655 bits per heavy atom. The topological polar surface area (TPSA) is 0 Å². The minimum atomic E-state index is -0.243. The summed E-state index contributed by atoms with van der Waals surface area (Å²) in [5.74, 6) is 5.92. The van der Waals surface area contributed by atoms with Gasteiger partial charge in [-0.3, -0.25) is 4.39 Å². The summed E-state index contributed by atoms with van der Waals surface area (Å²) in [6, 6.07) is 8.84. The molecule has 4 rings (SSSR count). The van der Waals surface area contributed by atoms with Crippen LogP contribution in [0, 0.1) is 29.6 Å². The molecule has 0 spiro atoms. The van der Waals surface area contributed by atoms with E-state index in [2.05, 4.69) is 31.2 Å². The third kappa shape index (κ3) is 5.45. The summed E-state index contributed by atoms with van der Waals surface area (Å²) in [6.45, 7) is 2.14. The molecule has 0 amide bonds. The summed E-state index contributed by atoms with van der Waals surface area (Å²) < 4.78 is 12.5. The highest BCUT2D eigenvalue weighted by atomic mass is 19.1. The standard InChI is InChI=1S/C28H43F/c1-2-21-3-7-23(8-4-21)25-11-15-27(16-12-25)28-17-13-26(14-18-28)24-9-5-22(6-10-24)19-20-29/h5-6,9-10,21,23,25-28H,2-4,7-8,11-20H2,1H3/t21-,23-,25-,26?,27-,28?. The minimum absolute atomic E-state index is 0.243. The van der Waals surface area contributed by atoms with Crippen molar-refractivity contribution < 1.29 is 4.39 Å². The molecule has 0 atom stereocenters. The molecule has 1 aromatic carbocycles. The number of alkyl halides is 1. The number of aryl methyl sites for hydroxylation is 1. The molecular weight excluding hydrogens is 355 g/mol. The zero-order valence-electron chi connectivity index (χ0n) is 18.8. The molecule has 3 aliphatic rings. The maximum atomic E-state index is 12.5. The van der Waals surface area contributed by atoms with Crippen LogP contribution >= 0.6 is 0 Å². The summed E-state index contributed by atoms with van der Waals surface area (Å²) in [5.41, 5.74) is 2.64.